The number of esters is 1. The Balaban J connectivity index is 1.84. The Bertz CT molecular complexity index is 1230. The number of rotatable bonds is 7. The Hall–Kier alpha value is -2.38. The van der Waals surface area contributed by atoms with E-state index in [0.717, 1.165) is 23.0 Å². The number of benzene rings is 2. The van der Waals surface area contributed by atoms with Crippen LogP contribution in [0.2, 0.25) is 0 Å². The van der Waals surface area contributed by atoms with Gasteiger partial charge in [0.05, 0.1) is 18.7 Å². The summed E-state index contributed by atoms with van der Waals surface area (Å²) in [5.74, 6) is -0.365. The normalized spacial score (nSPS) is 16.4. The molecule has 4 rings (SSSR count). The zero-order valence-corrected chi connectivity index (χ0v) is 21.0. The zero-order valence-electron chi connectivity index (χ0n) is 18.6. The monoisotopic (exact) mass is 513 g/mol. The molecule has 0 amide bonds. The summed E-state index contributed by atoms with van der Waals surface area (Å²) in [5.41, 5.74) is 4.67. The summed E-state index contributed by atoms with van der Waals surface area (Å²) in [6.45, 7) is 5.08. The average molecular weight is 514 g/mol. The largest absolute Gasteiger partial charge is 0.466 e. The number of allylic oxidation sites excluding steroid dienone is 1. The third kappa shape index (κ3) is 4.28. The molecular weight excluding hydrogens is 486 g/mol. The number of unbranched alkanes of at least 4 members (excludes halogenated alkanes) is 3. The van der Waals surface area contributed by atoms with Gasteiger partial charge in [-0.15, -0.1) is 0 Å². The van der Waals surface area contributed by atoms with Crippen LogP contribution in [-0.4, -0.2) is 22.8 Å². The molecule has 0 bridgehead atoms. The van der Waals surface area contributed by atoms with Crippen LogP contribution >= 0.6 is 28.1 Å². The maximum absolute atomic E-state index is 12.6. The second-order valence-corrected chi connectivity index (χ2v) is 9.54. The SMILES string of the molecule is CCCCCCn1c2ccc(Br)cc2c2cc(C3NC(=S)NC(C)=C3C(=O)OC)ccc21. The van der Waals surface area contributed by atoms with Gasteiger partial charge in [-0.1, -0.05) is 48.2 Å². The number of methoxy groups -OCH3 is 1. The minimum absolute atomic E-state index is 0.365. The fourth-order valence-corrected chi connectivity index (χ4v) is 5.17. The average Bonchev–Trinajstić information content (AvgIpc) is 3.08. The molecule has 1 aliphatic rings. The van der Waals surface area contributed by atoms with Crippen LogP contribution in [0.25, 0.3) is 21.8 Å². The molecule has 7 heteroatoms. The molecule has 3 aromatic rings. The summed E-state index contributed by atoms with van der Waals surface area (Å²) in [6, 6.07) is 12.5. The number of aromatic nitrogens is 1. The Morgan fingerprint density at radius 2 is 1.84 bits per heavy atom. The van der Waals surface area contributed by atoms with Crippen molar-refractivity contribution >= 4 is 61.0 Å². The first-order chi connectivity index (χ1) is 15.4. The van der Waals surface area contributed by atoms with Crippen molar-refractivity contribution in [1.82, 2.24) is 15.2 Å². The number of ether oxygens (including phenoxy) is 1. The first kappa shape index (κ1) is 22.8. The van der Waals surface area contributed by atoms with Gasteiger partial charge >= 0.3 is 5.97 Å². The van der Waals surface area contributed by atoms with Gasteiger partial charge in [-0.2, -0.15) is 0 Å². The van der Waals surface area contributed by atoms with E-state index < -0.39 is 0 Å². The van der Waals surface area contributed by atoms with E-state index in [4.69, 9.17) is 17.0 Å². The summed E-state index contributed by atoms with van der Waals surface area (Å²) < 4.78 is 8.52. The number of hydrogen-bond donors (Lipinski definition) is 2. The van der Waals surface area contributed by atoms with Crippen molar-refractivity contribution in [2.75, 3.05) is 7.11 Å². The summed E-state index contributed by atoms with van der Waals surface area (Å²) in [4.78, 5) is 12.6. The number of nitrogens with one attached hydrogen (secondary N) is 2. The van der Waals surface area contributed by atoms with Crippen molar-refractivity contribution in [2.24, 2.45) is 0 Å². The van der Waals surface area contributed by atoms with Crippen molar-refractivity contribution in [3.05, 3.63) is 57.7 Å². The van der Waals surface area contributed by atoms with E-state index in [1.54, 1.807) is 0 Å². The first-order valence-corrected chi connectivity index (χ1v) is 12.2. The van der Waals surface area contributed by atoms with Crippen LogP contribution in [0.3, 0.4) is 0 Å². The van der Waals surface area contributed by atoms with Crippen LogP contribution in [-0.2, 0) is 16.1 Å². The van der Waals surface area contributed by atoms with Crippen LogP contribution < -0.4 is 10.6 Å². The predicted molar refractivity (Wildman–Crippen MR) is 138 cm³/mol. The highest BCUT2D eigenvalue weighted by Crippen LogP contribution is 2.35. The fraction of sp³-hybridized carbons (Fsp3) is 0.360. The van der Waals surface area contributed by atoms with Gasteiger partial charge in [-0.25, -0.2) is 4.79 Å². The van der Waals surface area contributed by atoms with Crippen LogP contribution in [0, 0.1) is 0 Å². The number of nitrogens with zero attached hydrogens (tertiary/aromatic N) is 1. The molecule has 0 radical (unpaired) electrons. The van der Waals surface area contributed by atoms with Gasteiger partial charge in [-0.05, 0) is 61.5 Å². The lowest BCUT2D eigenvalue weighted by Gasteiger charge is -2.29. The Morgan fingerprint density at radius 1 is 1.12 bits per heavy atom. The summed E-state index contributed by atoms with van der Waals surface area (Å²) in [7, 11) is 1.40. The molecule has 168 valence electrons. The van der Waals surface area contributed by atoms with Crippen molar-refractivity contribution in [2.45, 2.75) is 52.1 Å². The number of carbonyl (C=O) groups is 1. The van der Waals surface area contributed by atoms with Crippen molar-refractivity contribution in [3.63, 3.8) is 0 Å². The number of thiocarbonyl (C=S) groups is 1. The van der Waals surface area contributed by atoms with Crippen LogP contribution in [0.1, 0.15) is 51.1 Å². The number of hydrogen-bond acceptors (Lipinski definition) is 3. The quantitative estimate of drug-likeness (QED) is 0.227. The summed E-state index contributed by atoms with van der Waals surface area (Å²) in [6.07, 6.45) is 4.87. The molecule has 0 aliphatic carbocycles. The third-order valence-corrected chi connectivity index (χ3v) is 6.81. The molecule has 2 N–H and O–H groups in total. The van der Waals surface area contributed by atoms with Crippen LogP contribution in [0.4, 0.5) is 0 Å². The van der Waals surface area contributed by atoms with Gasteiger partial charge < -0.3 is 19.9 Å². The molecule has 0 spiro atoms. The highest BCUT2D eigenvalue weighted by Gasteiger charge is 2.31. The number of aryl methyl sites for hydroxylation is 1. The van der Waals surface area contributed by atoms with Gasteiger partial charge in [-0.3, -0.25) is 0 Å². The van der Waals surface area contributed by atoms with Crippen molar-refractivity contribution in [3.8, 4) is 0 Å². The lowest BCUT2D eigenvalue weighted by Crippen LogP contribution is -2.45. The Morgan fingerprint density at radius 3 is 2.56 bits per heavy atom. The molecule has 0 saturated carbocycles. The molecule has 2 heterocycles. The second-order valence-electron chi connectivity index (χ2n) is 8.21. The molecule has 1 aliphatic heterocycles. The standard InChI is InChI=1S/C25H28BrN3O2S/c1-4-5-6-7-12-29-20-10-8-16(13-18(20)19-14-17(26)9-11-21(19)29)23-22(24(30)31-3)15(2)27-25(32)28-23/h8-11,13-14,23H,4-7,12H2,1-3H3,(H2,27,28,32). The zero-order chi connectivity index (χ0) is 22.8. The topological polar surface area (TPSA) is 55.3 Å². The molecule has 2 aromatic carbocycles. The molecular formula is C25H28BrN3O2S. The van der Waals surface area contributed by atoms with E-state index in [1.807, 2.05) is 6.92 Å². The van der Waals surface area contributed by atoms with Gasteiger partial charge in [0.1, 0.15) is 0 Å². The van der Waals surface area contributed by atoms with E-state index in [2.05, 4.69) is 74.5 Å². The summed E-state index contributed by atoms with van der Waals surface area (Å²) in [5, 5.41) is 9.17. The maximum Gasteiger partial charge on any atom is 0.337 e. The van der Waals surface area contributed by atoms with Crippen LogP contribution in [0.15, 0.2) is 52.1 Å². The molecule has 1 aromatic heterocycles. The van der Waals surface area contributed by atoms with Crippen molar-refractivity contribution in [1.29, 1.82) is 0 Å². The lowest BCUT2D eigenvalue weighted by atomic mass is 9.94. The van der Waals surface area contributed by atoms with Gasteiger partial charge in [0, 0.05) is 38.5 Å². The molecule has 32 heavy (non-hydrogen) atoms. The summed E-state index contributed by atoms with van der Waals surface area (Å²) >= 11 is 9.01. The molecule has 0 saturated heterocycles. The highest BCUT2D eigenvalue weighted by molar-refractivity contribution is 9.10. The number of carbonyl (C=O) groups excluding carboxylic acids is 1. The van der Waals surface area contributed by atoms with Gasteiger partial charge in [0.25, 0.3) is 0 Å². The lowest BCUT2D eigenvalue weighted by molar-refractivity contribution is -0.136. The predicted octanol–water partition coefficient (Wildman–Crippen LogP) is 6.10. The first-order valence-electron chi connectivity index (χ1n) is 11.0. The van der Waals surface area contributed by atoms with E-state index in [9.17, 15) is 4.79 Å². The Labute approximate surface area is 202 Å². The van der Waals surface area contributed by atoms with Gasteiger partial charge in [0.15, 0.2) is 5.11 Å². The van der Waals surface area contributed by atoms with Gasteiger partial charge in [0.2, 0.25) is 0 Å². The highest BCUT2D eigenvalue weighted by atomic mass is 79.9. The van der Waals surface area contributed by atoms with E-state index in [1.165, 1.54) is 48.2 Å². The smallest absolute Gasteiger partial charge is 0.337 e. The minimum Gasteiger partial charge on any atom is -0.466 e. The number of halogens is 1. The molecule has 1 unspecified atom stereocenters. The van der Waals surface area contributed by atoms with Crippen molar-refractivity contribution < 1.29 is 9.53 Å². The van der Waals surface area contributed by atoms with E-state index in [0.29, 0.717) is 16.4 Å². The van der Waals surface area contributed by atoms with E-state index in [-0.39, 0.29) is 12.0 Å². The maximum atomic E-state index is 12.6. The fourth-order valence-electron chi connectivity index (χ4n) is 4.54. The third-order valence-electron chi connectivity index (χ3n) is 6.09. The molecule has 1 atom stereocenters. The molecule has 0 fully saturated rings. The van der Waals surface area contributed by atoms with E-state index >= 15 is 0 Å². The number of fused-ring (bicyclic) bond motifs is 3. The minimum atomic E-state index is -0.365. The van der Waals surface area contributed by atoms with Crippen LogP contribution in [0.5, 0.6) is 0 Å². The Kier molecular flexibility index (Phi) is 6.86. The molecule has 5 nitrogen and oxygen atoms in total. The second kappa shape index (κ2) is 9.63.